The van der Waals surface area contributed by atoms with Crippen LogP contribution in [0.3, 0.4) is 0 Å². The van der Waals surface area contributed by atoms with Crippen LogP contribution in [0.4, 0.5) is 0 Å². The molecule has 1 aromatic rings. The van der Waals surface area contributed by atoms with Crippen LogP contribution in [0.5, 0.6) is 0 Å². The predicted octanol–water partition coefficient (Wildman–Crippen LogP) is 0.0236. The van der Waals surface area contributed by atoms with Crippen molar-refractivity contribution in [3.63, 3.8) is 0 Å². The second-order valence-electron chi connectivity index (χ2n) is 3.39. The van der Waals surface area contributed by atoms with Crippen LogP contribution < -0.4 is 0 Å². The van der Waals surface area contributed by atoms with Crippen molar-refractivity contribution in [2.75, 3.05) is 0 Å². The summed E-state index contributed by atoms with van der Waals surface area (Å²) in [5.41, 5.74) is 1.09. The van der Waals surface area contributed by atoms with Crippen molar-refractivity contribution in [3.05, 3.63) is 11.9 Å². The molecule has 0 fully saturated rings. The summed E-state index contributed by atoms with van der Waals surface area (Å²) in [6.45, 7) is 3.12. The lowest BCUT2D eigenvalue weighted by Crippen LogP contribution is -1.99. The van der Waals surface area contributed by atoms with Crippen molar-refractivity contribution in [1.29, 1.82) is 0 Å². The summed E-state index contributed by atoms with van der Waals surface area (Å²) < 4.78 is 1.95. The maximum absolute atomic E-state index is 4.05. The third-order valence-electron chi connectivity index (χ3n) is 2.19. The Morgan fingerprint density at radius 2 is 2.38 bits per heavy atom. The second kappa shape index (κ2) is 5.84. The molecule has 0 bridgehead atoms. The number of rotatable bonds is 6. The fraction of sp³-hybridized carbons (Fsp3) is 0.750. The van der Waals surface area contributed by atoms with E-state index in [1.807, 2.05) is 10.9 Å². The molecular weight excluding hydrogens is 160 g/mol. The van der Waals surface area contributed by atoms with Crippen LogP contribution in [0.25, 0.3) is 0 Å². The van der Waals surface area contributed by atoms with Gasteiger partial charge in [0.1, 0.15) is 0 Å². The number of nitrogens with zero attached hydrogens (tertiary/aromatic N) is 3. The molecule has 0 aliphatic rings. The van der Waals surface area contributed by atoms with Crippen molar-refractivity contribution in [2.24, 2.45) is 0 Å². The molecule has 5 heteroatoms. The quantitative estimate of drug-likeness (QED) is 0.453. The fourth-order valence-corrected chi connectivity index (χ4v) is 1.31. The lowest BCUT2D eigenvalue weighted by Gasteiger charge is -1.98. The van der Waals surface area contributed by atoms with Crippen molar-refractivity contribution in [3.8, 4) is 0 Å². The van der Waals surface area contributed by atoms with Crippen LogP contribution in [0.2, 0.25) is 6.32 Å². The van der Waals surface area contributed by atoms with E-state index in [1.165, 1.54) is 26.3 Å². The standard InChI is InChI=1S/C8H17B2N3/c1-2-8-7-13(12-11-8)6-4-3-5-10-9/h7,10H,2-6,9H2,1H3. The van der Waals surface area contributed by atoms with Gasteiger partial charge >= 0.3 is 0 Å². The third kappa shape index (κ3) is 3.66. The SMILES string of the molecule is BBCCCCn1cc(CC)nn1. The zero-order valence-corrected chi connectivity index (χ0v) is 8.66. The van der Waals surface area contributed by atoms with Crippen LogP contribution in [0.1, 0.15) is 25.5 Å². The third-order valence-corrected chi connectivity index (χ3v) is 2.19. The molecular formula is C8H17B2N3. The van der Waals surface area contributed by atoms with E-state index in [2.05, 4.69) is 25.0 Å². The zero-order valence-electron chi connectivity index (χ0n) is 8.66. The van der Waals surface area contributed by atoms with Gasteiger partial charge in [0, 0.05) is 12.7 Å². The summed E-state index contributed by atoms with van der Waals surface area (Å²) in [4.78, 5) is 0. The molecule has 0 aliphatic heterocycles. The zero-order chi connectivity index (χ0) is 9.52. The first-order chi connectivity index (χ1) is 6.36. The van der Waals surface area contributed by atoms with E-state index in [0.29, 0.717) is 0 Å². The molecule has 13 heavy (non-hydrogen) atoms. The van der Waals surface area contributed by atoms with E-state index in [1.54, 1.807) is 0 Å². The number of aromatic nitrogens is 3. The Morgan fingerprint density at radius 1 is 1.54 bits per heavy atom. The van der Waals surface area contributed by atoms with Gasteiger partial charge in [-0.15, -0.1) is 5.10 Å². The van der Waals surface area contributed by atoms with E-state index in [-0.39, 0.29) is 0 Å². The summed E-state index contributed by atoms with van der Waals surface area (Å²) in [6, 6.07) is 0. The molecule has 0 aromatic carbocycles. The lowest BCUT2D eigenvalue weighted by molar-refractivity contribution is 0.552. The van der Waals surface area contributed by atoms with E-state index in [0.717, 1.165) is 18.7 Å². The highest BCUT2D eigenvalue weighted by atomic mass is 15.4. The van der Waals surface area contributed by atoms with Gasteiger partial charge in [0.15, 0.2) is 0 Å². The Kier molecular flexibility index (Phi) is 4.65. The van der Waals surface area contributed by atoms with E-state index < -0.39 is 0 Å². The molecule has 1 heterocycles. The Balaban J connectivity index is 2.20. The first-order valence-corrected chi connectivity index (χ1v) is 5.25. The Bertz CT molecular complexity index is 237. The largest absolute Gasteiger partial charge is 0.252 e. The first-order valence-electron chi connectivity index (χ1n) is 5.25. The molecule has 0 saturated carbocycles. The summed E-state index contributed by atoms with van der Waals surface area (Å²) in [6.07, 6.45) is 6.88. The van der Waals surface area contributed by atoms with Crippen molar-refractivity contribution in [1.82, 2.24) is 15.0 Å². The molecule has 0 spiro atoms. The van der Waals surface area contributed by atoms with Crippen LogP contribution in [-0.4, -0.2) is 29.9 Å². The molecule has 0 N–H and O–H groups in total. The van der Waals surface area contributed by atoms with Crippen LogP contribution in [-0.2, 0) is 13.0 Å². The Hall–Kier alpha value is -0.730. The molecule has 0 aliphatic carbocycles. The van der Waals surface area contributed by atoms with Gasteiger partial charge in [-0.1, -0.05) is 24.9 Å². The van der Waals surface area contributed by atoms with Gasteiger partial charge in [-0.05, 0) is 12.8 Å². The van der Waals surface area contributed by atoms with Crippen molar-refractivity contribution in [2.45, 2.75) is 39.1 Å². The molecule has 70 valence electrons. The van der Waals surface area contributed by atoms with E-state index in [4.69, 9.17) is 0 Å². The van der Waals surface area contributed by atoms with Gasteiger partial charge in [0.05, 0.1) is 20.6 Å². The van der Waals surface area contributed by atoms with Gasteiger partial charge in [-0.25, -0.2) is 0 Å². The first kappa shape index (κ1) is 10.4. The van der Waals surface area contributed by atoms with Gasteiger partial charge in [0.25, 0.3) is 0 Å². The molecule has 0 saturated heterocycles. The maximum atomic E-state index is 4.05. The molecule has 0 radical (unpaired) electrons. The number of hydrogen-bond acceptors (Lipinski definition) is 2. The highest BCUT2D eigenvalue weighted by Gasteiger charge is 1.97. The highest BCUT2D eigenvalue weighted by Crippen LogP contribution is 1.99. The maximum Gasteiger partial charge on any atom is 0.0824 e. The minimum absolute atomic E-state index is 0.981. The van der Waals surface area contributed by atoms with E-state index in [9.17, 15) is 0 Å². The molecule has 1 rings (SSSR count). The highest BCUT2D eigenvalue weighted by molar-refractivity contribution is 6.89. The van der Waals surface area contributed by atoms with Crippen molar-refractivity contribution >= 4 is 14.9 Å². The summed E-state index contributed by atoms with van der Waals surface area (Å²) >= 11 is 0. The topological polar surface area (TPSA) is 30.7 Å². The van der Waals surface area contributed by atoms with Crippen LogP contribution >= 0.6 is 0 Å². The smallest absolute Gasteiger partial charge is 0.0824 e. The molecule has 0 unspecified atom stereocenters. The average Bonchev–Trinajstić information content (AvgIpc) is 2.60. The van der Waals surface area contributed by atoms with Crippen LogP contribution in [0.15, 0.2) is 6.20 Å². The molecule has 0 amide bonds. The van der Waals surface area contributed by atoms with Gasteiger partial charge in [0.2, 0.25) is 0 Å². The minimum Gasteiger partial charge on any atom is -0.252 e. The monoisotopic (exact) mass is 177 g/mol. The summed E-state index contributed by atoms with van der Waals surface area (Å²) in [7, 11) is 3.52. The van der Waals surface area contributed by atoms with Crippen molar-refractivity contribution < 1.29 is 0 Å². The number of aryl methyl sites for hydroxylation is 2. The molecule has 3 nitrogen and oxygen atoms in total. The minimum atomic E-state index is 0.981. The molecule has 1 aromatic heterocycles. The average molecular weight is 177 g/mol. The van der Waals surface area contributed by atoms with Gasteiger partial charge in [-0.3, -0.25) is 4.68 Å². The predicted molar refractivity (Wildman–Crippen MR) is 59.1 cm³/mol. The van der Waals surface area contributed by atoms with Crippen LogP contribution in [0, 0.1) is 0 Å². The number of hydrogen-bond donors (Lipinski definition) is 0. The summed E-state index contributed by atoms with van der Waals surface area (Å²) in [5, 5.41) is 8.10. The second-order valence-corrected chi connectivity index (χ2v) is 3.39. The lowest BCUT2D eigenvalue weighted by atomic mass is 9.53. The summed E-state index contributed by atoms with van der Waals surface area (Å²) in [5.74, 6) is 0. The molecule has 0 atom stereocenters. The number of unbranched alkanes of at least 4 members (excludes halogenated alkanes) is 1. The fourth-order valence-electron chi connectivity index (χ4n) is 1.31. The van der Waals surface area contributed by atoms with E-state index >= 15 is 0 Å². The Morgan fingerprint density at radius 3 is 3.00 bits per heavy atom. The van der Waals surface area contributed by atoms with Gasteiger partial charge in [-0.2, -0.15) is 0 Å². The Labute approximate surface area is 81.5 Å². The normalized spacial score (nSPS) is 10.2. The van der Waals surface area contributed by atoms with Gasteiger partial charge < -0.3 is 0 Å².